The average molecular weight is 227 g/mol. The Labute approximate surface area is 101 Å². The predicted molar refractivity (Wildman–Crippen MR) is 69.6 cm³/mol. The van der Waals surface area contributed by atoms with Crippen molar-refractivity contribution in [2.45, 2.75) is 58.8 Å². The van der Waals surface area contributed by atoms with Crippen molar-refractivity contribution in [1.82, 2.24) is 4.90 Å². The van der Waals surface area contributed by atoms with E-state index in [1.54, 1.807) is 0 Å². The van der Waals surface area contributed by atoms with Crippen molar-refractivity contribution >= 4 is 0 Å². The smallest absolute Gasteiger partial charge is 0.0497 e. The van der Waals surface area contributed by atoms with E-state index in [9.17, 15) is 5.11 Å². The monoisotopic (exact) mass is 227 g/mol. The third kappa shape index (κ3) is 4.84. The van der Waals surface area contributed by atoms with Gasteiger partial charge in [-0.3, -0.25) is 0 Å². The lowest BCUT2D eigenvalue weighted by atomic mass is 9.85. The van der Waals surface area contributed by atoms with Crippen molar-refractivity contribution in [1.29, 1.82) is 0 Å². The molecule has 0 spiro atoms. The highest BCUT2D eigenvalue weighted by Crippen LogP contribution is 2.25. The maximum atomic E-state index is 9.55. The fourth-order valence-corrected chi connectivity index (χ4v) is 2.82. The van der Waals surface area contributed by atoms with Crippen molar-refractivity contribution < 1.29 is 5.11 Å². The first-order valence-electron chi connectivity index (χ1n) is 7.03. The summed E-state index contributed by atoms with van der Waals surface area (Å²) in [6.07, 6.45) is 9.19. The second kappa shape index (κ2) is 7.29. The van der Waals surface area contributed by atoms with Gasteiger partial charge < -0.3 is 10.0 Å². The topological polar surface area (TPSA) is 23.5 Å². The lowest BCUT2D eigenvalue weighted by molar-refractivity contribution is 0.0760. The molecule has 0 aromatic rings. The Hall–Kier alpha value is -0.0800. The molecule has 1 heterocycles. The van der Waals surface area contributed by atoms with Gasteiger partial charge in [0.05, 0.1) is 0 Å². The zero-order valence-electron chi connectivity index (χ0n) is 11.2. The first-order chi connectivity index (χ1) is 7.70. The van der Waals surface area contributed by atoms with Gasteiger partial charge in [-0.2, -0.15) is 0 Å². The molecule has 0 bridgehead atoms. The molecule has 1 aliphatic rings. The Morgan fingerprint density at radius 1 is 1.06 bits per heavy atom. The molecular weight excluding hydrogens is 198 g/mol. The SMILES string of the molecule is CCCC(C)(CO)CN1CCCCCCC1. The van der Waals surface area contributed by atoms with E-state index in [0.29, 0.717) is 6.61 Å². The molecular formula is C14H29NO. The maximum absolute atomic E-state index is 9.55. The Bertz CT molecular complexity index is 176. The molecule has 0 amide bonds. The van der Waals surface area contributed by atoms with Gasteiger partial charge in [0.25, 0.3) is 0 Å². The van der Waals surface area contributed by atoms with Gasteiger partial charge in [-0.25, -0.2) is 0 Å². The quantitative estimate of drug-likeness (QED) is 0.780. The summed E-state index contributed by atoms with van der Waals surface area (Å²) < 4.78 is 0. The first-order valence-corrected chi connectivity index (χ1v) is 7.03. The zero-order chi connectivity index (χ0) is 11.9. The molecule has 1 N–H and O–H groups in total. The number of nitrogens with zero attached hydrogens (tertiary/aromatic N) is 1. The number of aliphatic hydroxyl groups is 1. The summed E-state index contributed by atoms with van der Waals surface area (Å²) in [7, 11) is 0. The molecule has 1 fully saturated rings. The molecule has 1 aliphatic heterocycles. The summed E-state index contributed by atoms with van der Waals surface area (Å²) in [6.45, 7) is 8.32. The average Bonchev–Trinajstić information content (AvgIpc) is 2.22. The van der Waals surface area contributed by atoms with E-state index in [0.717, 1.165) is 13.0 Å². The fraction of sp³-hybridized carbons (Fsp3) is 1.00. The van der Waals surface area contributed by atoms with Crippen molar-refractivity contribution in [3.8, 4) is 0 Å². The van der Waals surface area contributed by atoms with Crippen LogP contribution < -0.4 is 0 Å². The van der Waals surface area contributed by atoms with E-state index in [2.05, 4.69) is 18.7 Å². The molecule has 1 saturated heterocycles. The van der Waals surface area contributed by atoms with Gasteiger partial charge in [0, 0.05) is 18.6 Å². The molecule has 0 aromatic heterocycles. The first kappa shape index (κ1) is 14.0. The molecule has 0 aromatic carbocycles. The third-order valence-electron chi connectivity index (χ3n) is 3.79. The summed E-state index contributed by atoms with van der Waals surface area (Å²) >= 11 is 0. The highest BCUT2D eigenvalue weighted by molar-refractivity contribution is 4.78. The van der Waals surface area contributed by atoms with Gasteiger partial charge in [0.15, 0.2) is 0 Å². The van der Waals surface area contributed by atoms with Gasteiger partial charge in [-0.1, -0.05) is 39.5 Å². The number of hydrogen-bond acceptors (Lipinski definition) is 2. The van der Waals surface area contributed by atoms with E-state index in [4.69, 9.17) is 0 Å². The third-order valence-corrected chi connectivity index (χ3v) is 3.79. The largest absolute Gasteiger partial charge is 0.396 e. The van der Waals surface area contributed by atoms with Crippen LogP contribution in [0.2, 0.25) is 0 Å². The minimum Gasteiger partial charge on any atom is -0.396 e. The summed E-state index contributed by atoms with van der Waals surface area (Å²) in [5.74, 6) is 0. The van der Waals surface area contributed by atoms with Crippen molar-refractivity contribution in [2.24, 2.45) is 5.41 Å². The Morgan fingerprint density at radius 2 is 1.62 bits per heavy atom. The van der Waals surface area contributed by atoms with Crippen LogP contribution in [0.15, 0.2) is 0 Å². The summed E-state index contributed by atoms with van der Waals surface area (Å²) in [4.78, 5) is 2.57. The van der Waals surface area contributed by atoms with Crippen LogP contribution in [0.5, 0.6) is 0 Å². The van der Waals surface area contributed by atoms with Crippen molar-refractivity contribution in [2.75, 3.05) is 26.2 Å². The lowest BCUT2D eigenvalue weighted by Gasteiger charge is -2.35. The number of rotatable bonds is 5. The molecule has 0 saturated carbocycles. The summed E-state index contributed by atoms with van der Waals surface area (Å²) in [6, 6.07) is 0. The van der Waals surface area contributed by atoms with Crippen LogP contribution in [0.4, 0.5) is 0 Å². The van der Waals surface area contributed by atoms with Crippen LogP contribution in [0.1, 0.15) is 58.8 Å². The van der Waals surface area contributed by atoms with E-state index < -0.39 is 0 Å². The van der Waals surface area contributed by atoms with E-state index in [-0.39, 0.29) is 5.41 Å². The van der Waals surface area contributed by atoms with Crippen LogP contribution >= 0.6 is 0 Å². The zero-order valence-corrected chi connectivity index (χ0v) is 11.2. The number of hydrogen-bond donors (Lipinski definition) is 1. The molecule has 1 unspecified atom stereocenters. The fourth-order valence-electron chi connectivity index (χ4n) is 2.82. The second-order valence-corrected chi connectivity index (χ2v) is 5.76. The molecule has 1 atom stereocenters. The molecule has 0 radical (unpaired) electrons. The minimum absolute atomic E-state index is 0.119. The van der Waals surface area contributed by atoms with Gasteiger partial charge in [0.2, 0.25) is 0 Å². The Morgan fingerprint density at radius 3 is 2.12 bits per heavy atom. The molecule has 2 heteroatoms. The van der Waals surface area contributed by atoms with E-state index >= 15 is 0 Å². The maximum Gasteiger partial charge on any atom is 0.0497 e. The highest BCUT2D eigenvalue weighted by atomic mass is 16.3. The second-order valence-electron chi connectivity index (χ2n) is 5.76. The molecule has 0 aliphatic carbocycles. The van der Waals surface area contributed by atoms with Crippen LogP contribution in [0.3, 0.4) is 0 Å². The van der Waals surface area contributed by atoms with Gasteiger partial charge in [0.1, 0.15) is 0 Å². The number of aliphatic hydroxyl groups excluding tert-OH is 1. The van der Waals surface area contributed by atoms with Crippen LogP contribution in [-0.4, -0.2) is 36.2 Å². The predicted octanol–water partition coefficient (Wildman–Crippen LogP) is 3.05. The van der Waals surface area contributed by atoms with Gasteiger partial charge >= 0.3 is 0 Å². The van der Waals surface area contributed by atoms with Crippen LogP contribution in [-0.2, 0) is 0 Å². The molecule has 2 nitrogen and oxygen atoms in total. The van der Waals surface area contributed by atoms with Crippen LogP contribution in [0.25, 0.3) is 0 Å². The Kier molecular flexibility index (Phi) is 6.37. The molecule has 1 rings (SSSR count). The summed E-state index contributed by atoms with van der Waals surface area (Å²) in [5, 5.41) is 9.55. The van der Waals surface area contributed by atoms with Crippen molar-refractivity contribution in [3.05, 3.63) is 0 Å². The normalized spacial score (nSPS) is 23.4. The number of likely N-dealkylation sites (tertiary alicyclic amines) is 1. The summed E-state index contributed by atoms with van der Waals surface area (Å²) in [5.41, 5.74) is 0.119. The molecule has 16 heavy (non-hydrogen) atoms. The van der Waals surface area contributed by atoms with E-state index in [1.165, 1.54) is 51.6 Å². The van der Waals surface area contributed by atoms with Crippen LogP contribution in [0, 0.1) is 5.41 Å². The van der Waals surface area contributed by atoms with E-state index in [1.807, 2.05) is 0 Å². The van der Waals surface area contributed by atoms with Gasteiger partial charge in [-0.15, -0.1) is 0 Å². The van der Waals surface area contributed by atoms with Gasteiger partial charge in [-0.05, 0) is 32.4 Å². The standard InChI is InChI=1S/C14H29NO/c1-3-9-14(2,13-16)12-15-10-7-5-4-6-8-11-15/h16H,3-13H2,1-2H3. The lowest BCUT2D eigenvalue weighted by Crippen LogP contribution is -2.39. The Balaban J connectivity index is 2.41. The highest BCUT2D eigenvalue weighted by Gasteiger charge is 2.25. The van der Waals surface area contributed by atoms with Crippen molar-refractivity contribution in [3.63, 3.8) is 0 Å². The molecule has 96 valence electrons. The minimum atomic E-state index is 0.119.